The predicted molar refractivity (Wildman–Crippen MR) is 72.4 cm³/mol. The molecule has 5 heteroatoms. The molecule has 0 radical (unpaired) electrons. The Hall–Kier alpha value is -1.96. The van der Waals surface area contributed by atoms with E-state index in [9.17, 15) is 5.26 Å². The number of fused-ring (bicyclic) bond motifs is 1. The van der Waals surface area contributed by atoms with Gasteiger partial charge >= 0.3 is 0 Å². The highest BCUT2D eigenvalue weighted by Crippen LogP contribution is 2.44. The van der Waals surface area contributed by atoms with Crippen molar-refractivity contribution in [1.82, 2.24) is 10.2 Å². The van der Waals surface area contributed by atoms with Gasteiger partial charge in [0.2, 0.25) is 11.8 Å². The van der Waals surface area contributed by atoms with Crippen LogP contribution in [0.3, 0.4) is 0 Å². The third kappa shape index (κ3) is 2.19. The summed E-state index contributed by atoms with van der Waals surface area (Å²) in [7, 11) is 0. The summed E-state index contributed by atoms with van der Waals surface area (Å²) in [6, 6.07) is 2.19. The third-order valence-corrected chi connectivity index (χ3v) is 3.39. The monoisotopic (exact) mass is 260 g/mol. The number of hydrogen-bond acceptors (Lipinski definition) is 4. The van der Waals surface area contributed by atoms with Gasteiger partial charge in [-0.05, 0) is 6.42 Å². The molecule has 2 heterocycles. The summed E-state index contributed by atoms with van der Waals surface area (Å²) in [5.74, 6) is 0.673. The Bertz CT molecular complexity index is 557. The van der Waals surface area contributed by atoms with Crippen molar-refractivity contribution >= 4 is 0 Å². The highest BCUT2D eigenvalue weighted by molar-refractivity contribution is 5.50. The summed E-state index contributed by atoms with van der Waals surface area (Å²) in [5, 5.41) is 16.6. The smallest absolute Gasteiger partial charge is 0.243 e. The second-order valence-electron chi connectivity index (χ2n) is 5.90. The van der Waals surface area contributed by atoms with E-state index in [1.807, 2.05) is 0 Å². The minimum Gasteiger partial charge on any atom is -0.420 e. The van der Waals surface area contributed by atoms with Crippen LogP contribution in [-0.2, 0) is 5.41 Å². The van der Waals surface area contributed by atoms with Crippen molar-refractivity contribution in [3.8, 4) is 11.9 Å². The SMILES string of the molecule is CCC[C@@H]1C(C#N)=C(N)Oc2n[nH]c(C(C)(C)C)c21. The van der Waals surface area contributed by atoms with Crippen molar-refractivity contribution in [2.75, 3.05) is 0 Å². The quantitative estimate of drug-likeness (QED) is 0.855. The predicted octanol–water partition coefficient (Wildman–Crippen LogP) is 2.68. The Kier molecular flexibility index (Phi) is 3.27. The van der Waals surface area contributed by atoms with Gasteiger partial charge in [0.1, 0.15) is 6.07 Å². The maximum Gasteiger partial charge on any atom is 0.243 e. The number of nitrogens with one attached hydrogen (secondary N) is 1. The number of aromatic nitrogens is 2. The lowest BCUT2D eigenvalue weighted by Crippen LogP contribution is -2.23. The van der Waals surface area contributed by atoms with Crippen LogP contribution in [0.25, 0.3) is 0 Å². The molecule has 0 amide bonds. The molecule has 0 saturated heterocycles. The molecular formula is C14H20N4O. The van der Waals surface area contributed by atoms with E-state index >= 15 is 0 Å². The molecule has 1 aromatic rings. The zero-order chi connectivity index (χ0) is 14.2. The van der Waals surface area contributed by atoms with Gasteiger partial charge in [-0.1, -0.05) is 34.1 Å². The molecule has 0 fully saturated rings. The van der Waals surface area contributed by atoms with Gasteiger partial charge in [-0.3, -0.25) is 5.10 Å². The molecule has 1 aromatic heterocycles. The summed E-state index contributed by atoms with van der Waals surface area (Å²) in [4.78, 5) is 0. The number of H-pyrrole nitrogens is 1. The minimum atomic E-state index is -0.0808. The van der Waals surface area contributed by atoms with E-state index in [4.69, 9.17) is 10.5 Å². The fourth-order valence-electron chi connectivity index (χ4n) is 2.49. The van der Waals surface area contributed by atoms with Crippen molar-refractivity contribution in [2.45, 2.75) is 51.9 Å². The molecule has 0 aromatic carbocycles. The van der Waals surface area contributed by atoms with Gasteiger partial charge in [0.15, 0.2) is 0 Å². The van der Waals surface area contributed by atoms with Crippen molar-refractivity contribution in [2.24, 2.45) is 5.73 Å². The van der Waals surface area contributed by atoms with E-state index in [0.29, 0.717) is 11.5 Å². The van der Waals surface area contributed by atoms with Crippen LogP contribution in [0.1, 0.15) is 57.7 Å². The molecule has 1 aliphatic heterocycles. The van der Waals surface area contributed by atoms with Crippen LogP contribution in [0.15, 0.2) is 11.5 Å². The maximum absolute atomic E-state index is 9.32. The number of nitrogens with zero attached hydrogens (tertiary/aromatic N) is 2. The van der Waals surface area contributed by atoms with Gasteiger partial charge in [-0.15, -0.1) is 5.10 Å². The number of hydrogen-bond donors (Lipinski definition) is 2. The first-order valence-electron chi connectivity index (χ1n) is 6.56. The summed E-state index contributed by atoms with van der Waals surface area (Å²) < 4.78 is 5.48. The number of aromatic amines is 1. The number of rotatable bonds is 2. The molecule has 1 aliphatic rings. The van der Waals surface area contributed by atoms with Crippen LogP contribution >= 0.6 is 0 Å². The maximum atomic E-state index is 9.32. The van der Waals surface area contributed by atoms with Crippen LogP contribution in [-0.4, -0.2) is 10.2 Å². The standard InChI is InChI=1S/C14H20N4O/c1-5-6-8-9(7-15)12(16)19-13-10(8)11(17-18-13)14(2,3)4/h8H,5-6,16H2,1-4H3,(H,17,18)/t8-/m1/s1. The summed E-state index contributed by atoms with van der Waals surface area (Å²) in [6.07, 6.45) is 1.83. The van der Waals surface area contributed by atoms with E-state index in [1.165, 1.54) is 0 Å². The number of nitrogens with two attached hydrogens (primary N) is 1. The zero-order valence-corrected chi connectivity index (χ0v) is 11.9. The summed E-state index contributed by atoms with van der Waals surface area (Å²) in [6.45, 7) is 8.42. The molecule has 5 nitrogen and oxygen atoms in total. The van der Waals surface area contributed by atoms with Crippen molar-refractivity contribution in [3.63, 3.8) is 0 Å². The minimum absolute atomic E-state index is 0.0216. The van der Waals surface area contributed by atoms with Crippen LogP contribution in [0.5, 0.6) is 5.88 Å². The molecule has 0 aliphatic carbocycles. The van der Waals surface area contributed by atoms with E-state index in [-0.39, 0.29) is 17.2 Å². The molecule has 0 bridgehead atoms. The van der Waals surface area contributed by atoms with Crippen LogP contribution in [0.4, 0.5) is 0 Å². The Labute approximate surface area is 113 Å². The van der Waals surface area contributed by atoms with Gasteiger partial charge in [0.25, 0.3) is 0 Å². The third-order valence-electron chi connectivity index (χ3n) is 3.39. The van der Waals surface area contributed by atoms with Crippen molar-refractivity contribution in [3.05, 3.63) is 22.7 Å². The average molecular weight is 260 g/mol. The molecule has 1 atom stereocenters. The lowest BCUT2D eigenvalue weighted by Gasteiger charge is -2.26. The molecule has 2 rings (SSSR count). The van der Waals surface area contributed by atoms with Gasteiger partial charge in [0.05, 0.1) is 5.57 Å². The average Bonchev–Trinajstić information content (AvgIpc) is 2.72. The number of nitriles is 1. The Morgan fingerprint density at radius 3 is 2.68 bits per heavy atom. The van der Waals surface area contributed by atoms with Gasteiger partial charge in [-0.2, -0.15) is 5.26 Å². The number of ether oxygens (including phenoxy) is 1. The molecular weight excluding hydrogens is 240 g/mol. The summed E-state index contributed by atoms with van der Waals surface area (Å²) in [5.41, 5.74) is 8.26. The second kappa shape index (κ2) is 4.61. The van der Waals surface area contributed by atoms with Gasteiger partial charge in [0, 0.05) is 22.6 Å². The molecule has 19 heavy (non-hydrogen) atoms. The van der Waals surface area contributed by atoms with Gasteiger partial charge in [-0.25, -0.2) is 0 Å². The Morgan fingerprint density at radius 1 is 1.47 bits per heavy atom. The topological polar surface area (TPSA) is 87.7 Å². The van der Waals surface area contributed by atoms with E-state index in [0.717, 1.165) is 24.1 Å². The molecule has 0 saturated carbocycles. The van der Waals surface area contributed by atoms with Crippen LogP contribution in [0, 0.1) is 11.3 Å². The molecule has 0 unspecified atom stereocenters. The second-order valence-corrected chi connectivity index (χ2v) is 5.90. The summed E-state index contributed by atoms with van der Waals surface area (Å²) >= 11 is 0. The van der Waals surface area contributed by atoms with Gasteiger partial charge < -0.3 is 10.5 Å². The largest absolute Gasteiger partial charge is 0.420 e. The first-order valence-corrected chi connectivity index (χ1v) is 6.56. The fourth-order valence-corrected chi connectivity index (χ4v) is 2.49. The first-order chi connectivity index (χ1) is 8.90. The molecule has 102 valence electrons. The fraction of sp³-hybridized carbons (Fsp3) is 0.571. The highest BCUT2D eigenvalue weighted by atomic mass is 16.5. The van der Waals surface area contributed by atoms with Crippen LogP contribution < -0.4 is 10.5 Å². The van der Waals surface area contributed by atoms with Crippen molar-refractivity contribution in [1.29, 1.82) is 5.26 Å². The number of allylic oxidation sites excluding steroid dienone is 1. The molecule has 3 N–H and O–H groups in total. The lowest BCUT2D eigenvalue weighted by molar-refractivity contribution is 0.370. The van der Waals surface area contributed by atoms with Crippen molar-refractivity contribution < 1.29 is 4.74 Å². The zero-order valence-electron chi connectivity index (χ0n) is 11.9. The molecule has 0 spiro atoms. The van der Waals surface area contributed by atoms with E-state index in [1.54, 1.807) is 0 Å². The Balaban J connectivity index is 2.59. The van der Waals surface area contributed by atoms with E-state index < -0.39 is 0 Å². The highest BCUT2D eigenvalue weighted by Gasteiger charge is 2.36. The first kappa shape index (κ1) is 13.5. The van der Waals surface area contributed by atoms with E-state index in [2.05, 4.69) is 44.0 Å². The lowest BCUT2D eigenvalue weighted by atomic mass is 9.80. The van der Waals surface area contributed by atoms with Crippen LogP contribution in [0.2, 0.25) is 0 Å². The Morgan fingerprint density at radius 2 is 2.16 bits per heavy atom. The normalized spacial score (nSPS) is 18.8.